The number of sulfonamides is 1. The van der Waals surface area contributed by atoms with Crippen molar-refractivity contribution in [2.45, 2.75) is 4.90 Å². The van der Waals surface area contributed by atoms with Crippen molar-refractivity contribution in [1.29, 1.82) is 0 Å². The highest BCUT2D eigenvalue weighted by Gasteiger charge is 2.18. The Kier molecular flexibility index (Phi) is 4.45. The monoisotopic (exact) mass is 391 g/mol. The Labute approximate surface area is 133 Å². The number of anilines is 1. The molecule has 0 unspecified atom stereocenters. The lowest BCUT2D eigenvalue weighted by atomic mass is 10.3. The molecule has 0 fully saturated rings. The number of benzene rings is 1. The van der Waals surface area contributed by atoms with Gasteiger partial charge in [0.2, 0.25) is 0 Å². The molecule has 21 heavy (non-hydrogen) atoms. The molecule has 0 aliphatic carbocycles. The van der Waals surface area contributed by atoms with Gasteiger partial charge in [0.15, 0.2) is 0 Å². The number of non-ortho nitro benzene ring substituents is 1. The lowest BCUT2D eigenvalue weighted by molar-refractivity contribution is -0.384. The van der Waals surface area contributed by atoms with Gasteiger partial charge < -0.3 is 0 Å². The third kappa shape index (κ3) is 3.69. The van der Waals surface area contributed by atoms with Crippen LogP contribution < -0.4 is 4.72 Å². The number of hydrogen-bond donors (Lipinski definition) is 1. The molecule has 7 nitrogen and oxygen atoms in total. The molecule has 1 aromatic carbocycles. The van der Waals surface area contributed by atoms with Crippen LogP contribution in [0.1, 0.15) is 0 Å². The van der Waals surface area contributed by atoms with E-state index in [-0.39, 0.29) is 21.3 Å². The summed E-state index contributed by atoms with van der Waals surface area (Å²) in [5.41, 5.74) is -0.352. The minimum atomic E-state index is -3.95. The fourth-order valence-electron chi connectivity index (χ4n) is 1.45. The highest BCUT2D eigenvalue weighted by molar-refractivity contribution is 9.10. The summed E-state index contributed by atoms with van der Waals surface area (Å²) in [6.07, 6.45) is 2.58. The van der Waals surface area contributed by atoms with Crippen molar-refractivity contribution in [2.24, 2.45) is 0 Å². The Morgan fingerprint density at radius 1 is 1.29 bits per heavy atom. The van der Waals surface area contributed by atoms with E-state index in [0.717, 1.165) is 12.3 Å². The van der Waals surface area contributed by atoms with Crippen molar-refractivity contribution in [1.82, 2.24) is 4.98 Å². The molecule has 110 valence electrons. The van der Waals surface area contributed by atoms with E-state index in [9.17, 15) is 18.5 Å². The molecule has 0 radical (unpaired) electrons. The van der Waals surface area contributed by atoms with E-state index in [1.165, 1.54) is 24.4 Å². The zero-order chi connectivity index (χ0) is 15.6. The quantitative estimate of drug-likeness (QED) is 0.636. The molecular weight excluding hydrogens is 386 g/mol. The van der Waals surface area contributed by atoms with Gasteiger partial charge in [-0.15, -0.1) is 0 Å². The van der Waals surface area contributed by atoms with Gasteiger partial charge >= 0.3 is 0 Å². The van der Waals surface area contributed by atoms with E-state index in [0.29, 0.717) is 4.47 Å². The summed E-state index contributed by atoms with van der Waals surface area (Å²) >= 11 is 8.97. The second-order valence-corrected chi connectivity index (χ2v) is 6.87. The average molecular weight is 393 g/mol. The van der Waals surface area contributed by atoms with Crippen LogP contribution >= 0.6 is 27.5 Å². The summed E-state index contributed by atoms with van der Waals surface area (Å²) in [6, 6.07) is 4.82. The maximum atomic E-state index is 12.2. The molecule has 10 heteroatoms. The smallest absolute Gasteiger partial charge is 0.271 e. The average Bonchev–Trinajstić information content (AvgIpc) is 2.41. The minimum Gasteiger partial charge on any atom is -0.278 e. The fourth-order valence-corrected chi connectivity index (χ4v) is 3.24. The lowest BCUT2D eigenvalue weighted by Crippen LogP contribution is -2.13. The summed E-state index contributed by atoms with van der Waals surface area (Å²) in [7, 11) is -3.95. The van der Waals surface area contributed by atoms with Crippen LogP contribution in [-0.4, -0.2) is 18.3 Å². The molecule has 0 amide bonds. The Hall–Kier alpha value is -1.71. The number of rotatable bonds is 4. The molecule has 1 N–H and O–H groups in total. The van der Waals surface area contributed by atoms with Gasteiger partial charge in [0.25, 0.3) is 15.7 Å². The van der Waals surface area contributed by atoms with Crippen LogP contribution in [0.25, 0.3) is 0 Å². The van der Waals surface area contributed by atoms with Gasteiger partial charge in [-0.25, -0.2) is 8.42 Å². The summed E-state index contributed by atoms with van der Waals surface area (Å²) in [6.45, 7) is 0. The minimum absolute atomic E-state index is 0.0483. The SMILES string of the molecule is O=[N+]([O-])c1ccc(Cl)c(NS(=O)(=O)c2cncc(Br)c2)c1. The van der Waals surface area contributed by atoms with Crippen LogP contribution in [-0.2, 0) is 10.0 Å². The number of halogens is 2. The van der Waals surface area contributed by atoms with Crippen molar-refractivity contribution < 1.29 is 13.3 Å². The highest BCUT2D eigenvalue weighted by atomic mass is 79.9. The van der Waals surface area contributed by atoms with Crippen LogP contribution in [0.15, 0.2) is 46.0 Å². The molecule has 2 rings (SSSR count). The predicted octanol–water partition coefficient (Wildman–Crippen LogP) is 3.21. The van der Waals surface area contributed by atoms with Gasteiger partial charge in [-0.1, -0.05) is 11.6 Å². The first-order valence-electron chi connectivity index (χ1n) is 5.37. The van der Waals surface area contributed by atoms with Gasteiger partial charge in [0.1, 0.15) is 4.90 Å². The number of aromatic nitrogens is 1. The van der Waals surface area contributed by atoms with Crippen molar-refractivity contribution >= 4 is 48.9 Å². The summed E-state index contributed by atoms with van der Waals surface area (Å²) in [4.78, 5) is 13.7. The van der Waals surface area contributed by atoms with Crippen molar-refractivity contribution in [3.8, 4) is 0 Å². The van der Waals surface area contributed by atoms with Gasteiger partial charge in [-0.05, 0) is 28.1 Å². The van der Waals surface area contributed by atoms with Gasteiger partial charge in [-0.3, -0.25) is 19.8 Å². The van der Waals surface area contributed by atoms with E-state index in [1.54, 1.807) is 0 Å². The molecule has 0 saturated carbocycles. The first-order valence-corrected chi connectivity index (χ1v) is 8.02. The number of hydrogen-bond acceptors (Lipinski definition) is 5. The number of nitrogens with one attached hydrogen (secondary N) is 1. The van der Waals surface area contributed by atoms with Gasteiger partial charge in [0.05, 0.1) is 15.6 Å². The lowest BCUT2D eigenvalue weighted by Gasteiger charge is -2.09. The zero-order valence-electron chi connectivity index (χ0n) is 10.2. The normalized spacial score (nSPS) is 11.1. The van der Waals surface area contributed by atoms with Crippen LogP contribution in [0.3, 0.4) is 0 Å². The Bertz CT molecular complexity index is 813. The van der Waals surface area contributed by atoms with Crippen molar-refractivity contribution in [3.05, 3.63) is 56.3 Å². The largest absolute Gasteiger partial charge is 0.278 e. The molecular formula is C11H7BrClN3O4S. The molecule has 2 aromatic rings. The van der Waals surface area contributed by atoms with Crippen molar-refractivity contribution in [2.75, 3.05) is 4.72 Å². The molecule has 0 bridgehead atoms. The van der Waals surface area contributed by atoms with Gasteiger partial charge in [-0.2, -0.15) is 0 Å². The molecule has 1 aromatic heterocycles. The van der Waals surface area contributed by atoms with Crippen LogP contribution in [0.5, 0.6) is 0 Å². The molecule has 0 saturated heterocycles. The second-order valence-electron chi connectivity index (χ2n) is 3.87. The summed E-state index contributed by atoms with van der Waals surface area (Å²) in [5, 5.41) is 10.8. The number of nitrogens with zero attached hydrogens (tertiary/aromatic N) is 2. The first kappa shape index (κ1) is 15.7. The zero-order valence-corrected chi connectivity index (χ0v) is 13.3. The molecule has 0 atom stereocenters. The van der Waals surface area contributed by atoms with Gasteiger partial charge in [0, 0.05) is 29.0 Å². The van der Waals surface area contributed by atoms with E-state index < -0.39 is 14.9 Å². The summed E-state index contributed by atoms with van der Waals surface area (Å²) < 4.78 is 27.1. The van der Waals surface area contributed by atoms with Crippen LogP contribution in [0, 0.1) is 10.1 Å². The molecule has 0 aliphatic heterocycles. The molecule has 0 spiro atoms. The third-order valence-corrected chi connectivity index (χ3v) is 4.49. The topological polar surface area (TPSA) is 102 Å². The molecule has 1 heterocycles. The Balaban J connectivity index is 2.41. The first-order chi connectivity index (χ1) is 9.79. The standard InChI is InChI=1S/C11H7BrClN3O4S/c12-7-3-9(6-14-5-7)21(19,20)15-11-4-8(16(17)18)1-2-10(11)13/h1-6,15H. The van der Waals surface area contributed by atoms with E-state index in [1.807, 2.05) is 0 Å². The predicted molar refractivity (Wildman–Crippen MR) is 80.9 cm³/mol. The van der Waals surface area contributed by atoms with Crippen LogP contribution in [0.2, 0.25) is 5.02 Å². The van der Waals surface area contributed by atoms with E-state index >= 15 is 0 Å². The molecule has 0 aliphatic rings. The fraction of sp³-hybridized carbons (Fsp3) is 0. The Morgan fingerprint density at radius 2 is 2.00 bits per heavy atom. The Morgan fingerprint density at radius 3 is 2.62 bits per heavy atom. The number of nitro benzene ring substituents is 1. The van der Waals surface area contributed by atoms with E-state index in [4.69, 9.17) is 11.6 Å². The maximum absolute atomic E-state index is 12.2. The number of pyridine rings is 1. The van der Waals surface area contributed by atoms with Crippen LogP contribution in [0.4, 0.5) is 11.4 Å². The summed E-state index contributed by atoms with van der Waals surface area (Å²) in [5.74, 6) is 0. The number of nitro groups is 1. The maximum Gasteiger partial charge on any atom is 0.271 e. The van der Waals surface area contributed by atoms with Crippen molar-refractivity contribution in [3.63, 3.8) is 0 Å². The highest BCUT2D eigenvalue weighted by Crippen LogP contribution is 2.29. The second kappa shape index (κ2) is 5.96. The van der Waals surface area contributed by atoms with E-state index in [2.05, 4.69) is 25.6 Å². The third-order valence-electron chi connectivity index (χ3n) is 2.40.